The maximum absolute atomic E-state index is 12.2. The maximum Gasteiger partial charge on any atom is 0.358 e. The van der Waals surface area contributed by atoms with E-state index in [1.807, 2.05) is 20.8 Å². The van der Waals surface area contributed by atoms with Crippen molar-refractivity contribution in [3.8, 4) is 0 Å². The Labute approximate surface area is 136 Å². The minimum atomic E-state index is -3.95. The minimum absolute atomic E-state index is 0.0617. The van der Waals surface area contributed by atoms with E-state index in [4.69, 9.17) is 4.28 Å². The molecule has 0 aromatic heterocycles. The van der Waals surface area contributed by atoms with Gasteiger partial charge in [-0.3, -0.25) is 9.08 Å². The Kier molecular flexibility index (Phi) is 3.48. The minimum Gasteiger partial charge on any atom is -0.294 e. The molecular formula is C17H19NO4S. The standard InChI is InChI=1S/C17H19NO4S/c1-10-5-7-12(8-6-10)23(20,21)22-18-13-9-11(2)16(19)15-14(13)17(15,3)4/h5-9,14-15H,1-4H3/b18-13-. The highest BCUT2D eigenvalue weighted by Gasteiger charge is 2.65. The molecule has 0 heterocycles. The van der Waals surface area contributed by atoms with Crippen molar-refractivity contribution in [3.05, 3.63) is 41.5 Å². The number of benzene rings is 1. The predicted octanol–water partition coefficient (Wildman–Crippen LogP) is 2.86. The SMILES string of the molecule is CC1=C/C(=N/OS(=O)(=O)c2ccc(C)cc2)C2C(C1=O)C2(C)C. The molecular weight excluding hydrogens is 314 g/mol. The third kappa shape index (κ3) is 2.61. The Morgan fingerprint density at radius 3 is 2.30 bits per heavy atom. The van der Waals surface area contributed by atoms with E-state index in [9.17, 15) is 13.2 Å². The van der Waals surface area contributed by atoms with Gasteiger partial charge in [0.15, 0.2) is 5.78 Å². The summed E-state index contributed by atoms with van der Waals surface area (Å²) in [6, 6.07) is 6.37. The van der Waals surface area contributed by atoms with Crippen molar-refractivity contribution in [2.75, 3.05) is 0 Å². The molecule has 2 unspecified atom stereocenters. The lowest BCUT2D eigenvalue weighted by molar-refractivity contribution is -0.117. The molecule has 0 spiro atoms. The number of ketones is 1. The molecule has 6 heteroatoms. The molecule has 0 amide bonds. The van der Waals surface area contributed by atoms with Crippen LogP contribution in [0.3, 0.4) is 0 Å². The van der Waals surface area contributed by atoms with Crippen LogP contribution in [0.15, 0.2) is 46.0 Å². The second kappa shape index (κ2) is 5.03. The van der Waals surface area contributed by atoms with Crippen LogP contribution in [0.1, 0.15) is 26.3 Å². The van der Waals surface area contributed by atoms with Crippen molar-refractivity contribution in [1.29, 1.82) is 0 Å². The van der Waals surface area contributed by atoms with Crippen molar-refractivity contribution in [2.24, 2.45) is 22.4 Å². The summed E-state index contributed by atoms with van der Waals surface area (Å²) in [5, 5.41) is 3.86. The fraction of sp³-hybridized carbons (Fsp3) is 0.412. The number of carbonyl (C=O) groups excluding carboxylic acids is 1. The molecule has 0 saturated heterocycles. The summed E-state index contributed by atoms with van der Waals surface area (Å²) in [5.41, 5.74) is 1.86. The topological polar surface area (TPSA) is 72.8 Å². The van der Waals surface area contributed by atoms with Gasteiger partial charge < -0.3 is 0 Å². The van der Waals surface area contributed by atoms with Crippen LogP contribution >= 0.6 is 0 Å². The summed E-state index contributed by atoms with van der Waals surface area (Å²) in [6.45, 7) is 7.56. The van der Waals surface area contributed by atoms with Crippen molar-refractivity contribution in [2.45, 2.75) is 32.6 Å². The van der Waals surface area contributed by atoms with E-state index in [2.05, 4.69) is 5.16 Å². The molecule has 2 atom stereocenters. The number of Topliss-reactive ketones (excluding diaryl/α,β-unsaturated/α-hetero) is 1. The highest BCUT2D eigenvalue weighted by atomic mass is 32.2. The molecule has 2 aliphatic carbocycles. The largest absolute Gasteiger partial charge is 0.358 e. The van der Waals surface area contributed by atoms with Crippen LogP contribution in [-0.4, -0.2) is 19.9 Å². The molecule has 1 saturated carbocycles. The molecule has 1 aromatic rings. The average molecular weight is 333 g/mol. The van der Waals surface area contributed by atoms with Crippen molar-refractivity contribution in [1.82, 2.24) is 0 Å². The summed E-state index contributed by atoms with van der Waals surface area (Å²) >= 11 is 0. The summed E-state index contributed by atoms with van der Waals surface area (Å²) in [5.74, 6) is -0.0933. The normalized spacial score (nSPS) is 27.4. The lowest BCUT2D eigenvalue weighted by Crippen LogP contribution is -2.16. The molecule has 0 bridgehead atoms. The second-order valence-electron chi connectivity index (χ2n) is 6.83. The van der Waals surface area contributed by atoms with E-state index in [0.29, 0.717) is 11.3 Å². The van der Waals surface area contributed by atoms with Crippen LogP contribution in [0, 0.1) is 24.2 Å². The van der Waals surface area contributed by atoms with Crippen LogP contribution in [0.2, 0.25) is 0 Å². The fourth-order valence-corrected chi connectivity index (χ4v) is 3.97. The average Bonchev–Trinajstić information content (AvgIpc) is 3.05. The van der Waals surface area contributed by atoms with E-state index in [0.717, 1.165) is 5.56 Å². The Balaban J connectivity index is 1.88. The van der Waals surface area contributed by atoms with Gasteiger partial charge in [0.2, 0.25) is 0 Å². The Bertz CT molecular complexity index is 832. The predicted molar refractivity (Wildman–Crippen MR) is 86.4 cm³/mol. The van der Waals surface area contributed by atoms with Gasteiger partial charge in [-0.1, -0.05) is 36.7 Å². The summed E-state index contributed by atoms with van der Waals surface area (Å²) in [7, 11) is -3.95. The Hall–Kier alpha value is -1.95. The zero-order valence-electron chi connectivity index (χ0n) is 13.5. The fourth-order valence-electron chi connectivity index (χ4n) is 3.23. The number of allylic oxidation sites excluding steroid dienone is 2. The van der Waals surface area contributed by atoms with Gasteiger partial charge in [-0.25, -0.2) is 0 Å². The number of aryl methyl sites for hydroxylation is 1. The first-order valence-electron chi connectivity index (χ1n) is 7.45. The number of carbonyl (C=O) groups is 1. The molecule has 122 valence electrons. The summed E-state index contributed by atoms with van der Waals surface area (Å²) in [4.78, 5) is 12.2. The van der Waals surface area contributed by atoms with E-state index in [1.165, 1.54) is 12.1 Å². The second-order valence-corrected chi connectivity index (χ2v) is 8.35. The van der Waals surface area contributed by atoms with Gasteiger partial charge in [0, 0.05) is 11.8 Å². The van der Waals surface area contributed by atoms with Gasteiger partial charge in [-0.2, -0.15) is 8.42 Å². The monoisotopic (exact) mass is 333 g/mol. The summed E-state index contributed by atoms with van der Waals surface area (Å²) in [6.07, 6.45) is 1.63. The third-order valence-corrected chi connectivity index (χ3v) is 5.85. The molecule has 0 N–H and O–H groups in total. The quantitative estimate of drug-likeness (QED) is 0.797. The molecule has 23 heavy (non-hydrogen) atoms. The number of fused-ring (bicyclic) bond motifs is 1. The first kappa shape index (κ1) is 15.9. The van der Waals surface area contributed by atoms with Gasteiger partial charge >= 0.3 is 10.1 Å². The molecule has 1 fully saturated rings. The van der Waals surface area contributed by atoms with Gasteiger partial charge in [0.25, 0.3) is 0 Å². The van der Waals surface area contributed by atoms with Crippen LogP contribution in [0.25, 0.3) is 0 Å². The molecule has 0 aliphatic heterocycles. The van der Waals surface area contributed by atoms with Crippen LogP contribution < -0.4 is 0 Å². The lowest BCUT2D eigenvalue weighted by Gasteiger charge is -2.09. The smallest absolute Gasteiger partial charge is 0.294 e. The number of oxime groups is 1. The molecule has 0 radical (unpaired) electrons. The number of rotatable bonds is 3. The van der Waals surface area contributed by atoms with Crippen LogP contribution in [0.4, 0.5) is 0 Å². The molecule has 2 aliphatic rings. The van der Waals surface area contributed by atoms with Gasteiger partial charge in [0.05, 0.1) is 5.71 Å². The van der Waals surface area contributed by atoms with E-state index in [-0.39, 0.29) is 27.9 Å². The van der Waals surface area contributed by atoms with E-state index in [1.54, 1.807) is 25.1 Å². The van der Waals surface area contributed by atoms with E-state index < -0.39 is 10.1 Å². The van der Waals surface area contributed by atoms with Crippen LogP contribution in [0.5, 0.6) is 0 Å². The van der Waals surface area contributed by atoms with Gasteiger partial charge in [-0.05, 0) is 43.0 Å². The first-order valence-corrected chi connectivity index (χ1v) is 8.86. The van der Waals surface area contributed by atoms with Crippen molar-refractivity contribution in [3.63, 3.8) is 0 Å². The Morgan fingerprint density at radius 1 is 1.09 bits per heavy atom. The number of hydrogen-bond donors (Lipinski definition) is 0. The Morgan fingerprint density at radius 2 is 1.70 bits per heavy atom. The summed E-state index contributed by atoms with van der Waals surface area (Å²) < 4.78 is 29.3. The van der Waals surface area contributed by atoms with Gasteiger partial charge in [-0.15, -0.1) is 0 Å². The lowest BCUT2D eigenvalue weighted by atomic mass is 9.98. The van der Waals surface area contributed by atoms with Crippen molar-refractivity contribution >= 4 is 21.6 Å². The number of nitrogens with zero attached hydrogens (tertiary/aromatic N) is 1. The molecule has 3 rings (SSSR count). The zero-order valence-corrected chi connectivity index (χ0v) is 14.3. The van der Waals surface area contributed by atoms with Crippen LogP contribution in [-0.2, 0) is 19.2 Å². The van der Waals surface area contributed by atoms with E-state index >= 15 is 0 Å². The maximum atomic E-state index is 12.2. The zero-order chi connectivity index (χ0) is 17.0. The van der Waals surface area contributed by atoms with Crippen molar-refractivity contribution < 1.29 is 17.5 Å². The van der Waals surface area contributed by atoms with Gasteiger partial charge in [0.1, 0.15) is 4.90 Å². The third-order valence-electron chi connectivity index (χ3n) is 4.73. The molecule has 1 aromatic carbocycles. The molecule has 5 nitrogen and oxygen atoms in total. The first-order chi connectivity index (χ1) is 10.6. The number of hydrogen-bond acceptors (Lipinski definition) is 5. The highest BCUT2D eigenvalue weighted by Crippen LogP contribution is 2.61. The highest BCUT2D eigenvalue weighted by molar-refractivity contribution is 7.86.